The van der Waals surface area contributed by atoms with Crippen LogP contribution in [0.25, 0.3) is 11.3 Å². The summed E-state index contributed by atoms with van der Waals surface area (Å²) in [6, 6.07) is 13.5. The van der Waals surface area contributed by atoms with Gasteiger partial charge in [-0.2, -0.15) is 5.10 Å². The predicted molar refractivity (Wildman–Crippen MR) is 120 cm³/mol. The van der Waals surface area contributed by atoms with Crippen LogP contribution in [0.5, 0.6) is 0 Å². The van der Waals surface area contributed by atoms with E-state index in [2.05, 4.69) is 36.2 Å². The molecule has 162 valence electrons. The van der Waals surface area contributed by atoms with Gasteiger partial charge < -0.3 is 10.4 Å². The number of nitrogens with zero attached hydrogens (tertiary/aromatic N) is 5. The van der Waals surface area contributed by atoms with E-state index in [1.807, 2.05) is 13.1 Å². The highest BCUT2D eigenvalue weighted by Crippen LogP contribution is 2.21. The lowest BCUT2D eigenvalue weighted by Gasteiger charge is -2.13. The van der Waals surface area contributed by atoms with Crippen LogP contribution in [0, 0.1) is 0 Å². The van der Waals surface area contributed by atoms with E-state index in [0.717, 1.165) is 11.4 Å². The van der Waals surface area contributed by atoms with Crippen molar-refractivity contribution in [2.45, 2.75) is 6.10 Å². The van der Waals surface area contributed by atoms with Gasteiger partial charge in [-0.15, -0.1) is 0 Å². The number of aromatic nitrogens is 5. The number of hydrogen-bond acceptors (Lipinski definition) is 8. The minimum Gasteiger partial charge on any atom is -0.378 e. The van der Waals surface area contributed by atoms with Crippen LogP contribution < -0.4 is 16.2 Å². The Morgan fingerprint density at radius 1 is 1.09 bits per heavy atom. The van der Waals surface area contributed by atoms with Crippen LogP contribution in [0.2, 0.25) is 5.02 Å². The van der Waals surface area contributed by atoms with Crippen LogP contribution in [0.4, 0.5) is 17.6 Å². The maximum Gasteiger partial charge on any atom is 0.271 e. The quantitative estimate of drug-likeness (QED) is 0.316. The van der Waals surface area contributed by atoms with Gasteiger partial charge in [0.15, 0.2) is 6.10 Å². The third kappa shape index (κ3) is 4.99. The second-order valence-corrected chi connectivity index (χ2v) is 7.17. The molecule has 0 aliphatic heterocycles. The van der Waals surface area contributed by atoms with Gasteiger partial charge in [0.05, 0.1) is 11.9 Å². The number of nitrogens with one attached hydrogen (secondary N) is 3. The molecular weight excluding hydrogens is 432 g/mol. The summed E-state index contributed by atoms with van der Waals surface area (Å²) in [6.07, 6.45) is 3.50. The number of rotatable bonds is 7. The number of benzene rings is 1. The van der Waals surface area contributed by atoms with E-state index in [9.17, 15) is 9.90 Å². The fourth-order valence-corrected chi connectivity index (χ4v) is 3.07. The Morgan fingerprint density at radius 3 is 2.72 bits per heavy atom. The van der Waals surface area contributed by atoms with Crippen LogP contribution >= 0.6 is 11.6 Å². The minimum atomic E-state index is -1.38. The first-order chi connectivity index (χ1) is 15.5. The molecular formula is C21H19ClN8O2. The standard InChI is InChI=1S/C21H19ClN8O2/c1-30-18(7-10-25-30)27-21-24-9-6-16(26-21)13-5-8-23-17(12-13)28-29-20(32)19(31)14-3-2-4-15(22)11-14/h2-12,19,31H,1H3,(H,23,28)(H,29,32)(H,24,26,27)/t19-/m1/s1. The van der Waals surface area contributed by atoms with Gasteiger partial charge in [-0.25, -0.2) is 15.0 Å². The molecule has 3 heterocycles. The van der Waals surface area contributed by atoms with E-state index in [0.29, 0.717) is 28.0 Å². The Labute approximate surface area is 188 Å². The van der Waals surface area contributed by atoms with Crippen molar-refractivity contribution in [3.05, 3.63) is 77.7 Å². The van der Waals surface area contributed by atoms with Gasteiger partial charge in [-0.1, -0.05) is 23.7 Å². The Hall–Kier alpha value is -4.02. The smallest absolute Gasteiger partial charge is 0.271 e. The predicted octanol–water partition coefficient (Wildman–Crippen LogP) is 2.85. The summed E-state index contributed by atoms with van der Waals surface area (Å²) in [5.74, 6) is 0.883. The van der Waals surface area contributed by atoms with E-state index in [4.69, 9.17) is 11.6 Å². The Bertz CT molecular complexity index is 1250. The Morgan fingerprint density at radius 2 is 1.94 bits per heavy atom. The number of amides is 1. The maximum absolute atomic E-state index is 12.3. The molecule has 0 saturated heterocycles. The summed E-state index contributed by atoms with van der Waals surface area (Å²) in [5, 5.41) is 17.8. The summed E-state index contributed by atoms with van der Waals surface area (Å²) in [5.41, 5.74) is 6.94. The highest BCUT2D eigenvalue weighted by atomic mass is 35.5. The number of aliphatic hydroxyl groups excluding tert-OH is 1. The van der Waals surface area contributed by atoms with Gasteiger partial charge >= 0.3 is 0 Å². The first-order valence-electron chi connectivity index (χ1n) is 9.53. The number of pyridine rings is 1. The first kappa shape index (κ1) is 21.2. The van der Waals surface area contributed by atoms with Gasteiger partial charge in [0.25, 0.3) is 5.91 Å². The molecule has 4 aromatic rings. The Balaban J connectivity index is 1.44. The SMILES string of the molecule is Cn1nccc1Nc1nccc(-c2ccnc(NNC(=O)[C@H](O)c3cccc(Cl)c3)c2)n1. The lowest BCUT2D eigenvalue weighted by atomic mass is 10.1. The number of hydrogen-bond donors (Lipinski definition) is 4. The van der Waals surface area contributed by atoms with Crippen LogP contribution in [0.1, 0.15) is 11.7 Å². The van der Waals surface area contributed by atoms with Crippen molar-refractivity contribution in [3.63, 3.8) is 0 Å². The number of hydrazine groups is 1. The average molecular weight is 451 g/mol. The first-order valence-corrected chi connectivity index (χ1v) is 9.91. The van der Waals surface area contributed by atoms with Crippen molar-refractivity contribution in [1.82, 2.24) is 30.2 Å². The van der Waals surface area contributed by atoms with Gasteiger partial charge in [0.1, 0.15) is 11.6 Å². The molecule has 0 aliphatic rings. The topological polar surface area (TPSA) is 130 Å². The van der Waals surface area contributed by atoms with Crippen LogP contribution in [0.3, 0.4) is 0 Å². The molecule has 0 bridgehead atoms. The molecule has 1 amide bonds. The normalized spacial score (nSPS) is 11.6. The fourth-order valence-electron chi connectivity index (χ4n) is 2.87. The lowest BCUT2D eigenvalue weighted by Crippen LogP contribution is -2.34. The molecule has 0 spiro atoms. The van der Waals surface area contributed by atoms with Gasteiger partial charge in [-0.05, 0) is 35.9 Å². The molecule has 1 atom stereocenters. The van der Waals surface area contributed by atoms with Crippen molar-refractivity contribution in [1.29, 1.82) is 0 Å². The zero-order valence-corrected chi connectivity index (χ0v) is 17.7. The zero-order chi connectivity index (χ0) is 22.5. The molecule has 10 nitrogen and oxygen atoms in total. The third-order valence-electron chi connectivity index (χ3n) is 4.50. The monoisotopic (exact) mass is 450 g/mol. The van der Waals surface area contributed by atoms with Gasteiger partial charge in [0.2, 0.25) is 5.95 Å². The maximum atomic E-state index is 12.3. The van der Waals surface area contributed by atoms with E-state index in [-0.39, 0.29) is 0 Å². The number of anilines is 3. The number of carbonyl (C=O) groups excluding carboxylic acids is 1. The zero-order valence-electron chi connectivity index (χ0n) is 16.9. The molecule has 0 aliphatic carbocycles. The van der Waals surface area contributed by atoms with Crippen LogP contribution in [-0.2, 0) is 11.8 Å². The number of carbonyl (C=O) groups is 1. The highest BCUT2D eigenvalue weighted by molar-refractivity contribution is 6.30. The van der Waals surface area contributed by atoms with Crippen molar-refractivity contribution < 1.29 is 9.90 Å². The van der Waals surface area contributed by atoms with Gasteiger partial charge in [0, 0.05) is 36.1 Å². The van der Waals surface area contributed by atoms with Crippen molar-refractivity contribution in [2.24, 2.45) is 7.05 Å². The van der Waals surface area contributed by atoms with Crippen LogP contribution in [-0.4, -0.2) is 35.7 Å². The molecule has 11 heteroatoms. The second-order valence-electron chi connectivity index (χ2n) is 6.73. The summed E-state index contributed by atoms with van der Waals surface area (Å²) in [6.45, 7) is 0. The highest BCUT2D eigenvalue weighted by Gasteiger charge is 2.17. The number of aryl methyl sites for hydroxylation is 1. The number of halogens is 1. The molecule has 4 rings (SSSR count). The average Bonchev–Trinajstić information content (AvgIpc) is 3.21. The van der Waals surface area contributed by atoms with Crippen molar-refractivity contribution in [2.75, 3.05) is 10.7 Å². The summed E-state index contributed by atoms with van der Waals surface area (Å²) in [7, 11) is 1.81. The van der Waals surface area contributed by atoms with E-state index < -0.39 is 12.0 Å². The van der Waals surface area contributed by atoms with Crippen molar-refractivity contribution in [3.8, 4) is 11.3 Å². The van der Waals surface area contributed by atoms with E-state index in [1.165, 1.54) is 6.07 Å². The molecule has 0 fully saturated rings. The molecule has 0 saturated carbocycles. The molecule has 3 aromatic heterocycles. The van der Waals surface area contributed by atoms with Crippen molar-refractivity contribution >= 4 is 35.1 Å². The molecule has 1 aromatic carbocycles. The second kappa shape index (κ2) is 9.41. The lowest BCUT2D eigenvalue weighted by molar-refractivity contribution is -0.129. The van der Waals surface area contributed by atoms with Gasteiger partial charge in [-0.3, -0.25) is 20.3 Å². The third-order valence-corrected chi connectivity index (χ3v) is 4.73. The Kier molecular flexibility index (Phi) is 6.24. The molecule has 0 unspecified atom stereocenters. The molecule has 0 radical (unpaired) electrons. The largest absolute Gasteiger partial charge is 0.378 e. The summed E-state index contributed by atoms with van der Waals surface area (Å²) in [4.78, 5) is 25.2. The summed E-state index contributed by atoms with van der Waals surface area (Å²) < 4.78 is 1.67. The van der Waals surface area contributed by atoms with Crippen LogP contribution in [0.15, 0.2) is 67.1 Å². The fraction of sp³-hybridized carbons (Fsp3) is 0.0952. The summed E-state index contributed by atoms with van der Waals surface area (Å²) >= 11 is 5.91. The number of aliphatic hydroxyl groups is 1. The minimum absolute atomic E-state index is 0.369. The molecule has 4 N–H and O–H groups in total. The van der Waals surface area contributed by atoms with E-state index >= 15 is 0 Å². The molecule has 32 heavy (non-hydrogen) atoms. The van der Waals surface area contributed by atoms with E-state index in [1.54, 1.807) is 59.7 Å².